The predicted molar refractivity (Wildman–Crippen MR) is 83.3 cm³/mol. The standard InChI is InChI=1S/C15H15BrN2O2/c16-14-4-2-1-3-11(14)9-20-10-15(19)18-13-7-5-12(17)6-8-13/h1-8H,9-10,17H2,(H,18,19). The van der Waals surface area contributed by atoms with E-state index in [1.807, 2.05) is 24.3 Å². The highest BCUT2D eigenvalue weighted by Crippen LogP contribution is 2.16. The van der Waals surface area contributed by atoms with Crippen LogP contribution < -0.4 is 11.1 Å². The van der Waals surface area contributed by atoms with Crippen LogP contribution in [0.4, 0.5) is 11.4 Å². The molecular weight excluding hydrogens is 320 g/mol. The molecule has 0 heterocycles. The molecule has 2 rings (SSSR count). The van der Waals surface area contributed by atoms with Gasteiger partial charge in [-0.25, -0.2) is 0 Å². The van der Waals surface area contributed by atoms with Crippen LogP contribution in [-0.2, 0) is 16.1 Å². The average molecular weight is 335 g/mol. The van der Waals surface area contributed by atoms with E-state index in [-0.39, 0.29) is 12.5 Å². The maximum atomic E-state index is 11.7. The Bertz CT molecular complexity index is 585. The largest absolute Gasteiger partial charge is 0.399 e. The van der Waals surface area contributed by atoms with Gasteiger partial charge in [-0.05, 0) is 35.9 Å². The number of rotatable bonds is 5. The Morgan fingerprint density at radius 2 is 1.85 bits per heavy atom. The minimum Gasteiger partial charge on any atom is -0.399 e. The lowest BCUT2D eigenvalue weighted by molar-refractivity contribution is -0.121. The summed E-state index contributed by atoms with van der Waals surface area (Å²) in [4.78, 5) is 11.7. The summed E-state index contributed by atoms with van der Waals surface area (Å²) in [7, 11) is 0. The number of hydrogen-bond acceptors (Lipinski definition) is 3. The van der Waals surface area contributed by atoms with Crippen LogP contribution in [0.15, 0.2) is 53.0 Å². The van der Waals surface area contributed by atoms with Crippen molar-refractivity contribution in [2.45, 2.75) is 6.61 Å². The Morgan fingerprint density at radius 3 is 2.55 bits per heavy atom. The van der Waals surface area contributed by atoms with Gasteiger partial charge in [0.25, 0.3) is 0 Å². The molecule has 2 aromatic rings. The fourth-order valence-corrected chi connectivity index (χ4v) is 2.03. The molecule has 2 aromatic carbocycles. The van der Waals surface area contributed by atoms with Crippen molar-refractivity contribution < 1.29 is 9.53 Å². The molecule has 0 aliphatic carbocycles. The Balaban J connectivity index is 1.78. The lowest BCUT2D eigenvalue weighted by Gasteiger charge is -2.07. The highest BCUT2D eigenvalue weighted by molar-refractivity contribution is 9.10. The van der Waals surface area contributed by atoms with Gasteiger partial charge in [-0.2, -0.15) is 0 Å². The predicted octanol–water partition coefficient (Wildman–Crippen LogP) is 3.19. The summed E-state index contributed by atoms with van der Waals surface area (Å²) in [6.45, 7) is 0.391. The molecule has 0 saturated carbocycles. The number of halogens is 1. The van der Waals surface area contributed by atoms with Crippen molar-refractivity contribution in [1.82, 2.24) is 0 Å². The van der Waals surface area contributed by atoms with Gasteiger partial charge < -0.3 is 15.8 Å². The van der Waals surface area contributed by atoms with Crippen LogP contribution in [0.25, 0.3) is 0 Å². The van der Waals surface area contributed by atoms with Crippen molar-refractivity contribution in [3.8, 4) is 0 Å². The maximum absolute atomic E-state index is 11.7. The van der Waals surface area contributed by atoms with E-state index >= 15 is 0 Å². The van der Waals surface area contributed by atoms with Crippen LogP contribution in [0.3, 0.4) is 0 Å². The number of nitrogens with two attached hydrogens (primary N) is 1. The van der Waals surface area contributed by atoms with Crippen LogP contribution in [0.5, 0.6) is 0 Å². The van der Waals surface area contributed by atoms with E-state index in [9.17, 15) is 4.79 Å². The number of ether oxygens (including phenoxy) is 1. The van der Waals surface area contributed by atoms with Gasteiger partial charge in [0.2, 0.25) is 5.91 Å². The molecule has 0 aliphatic heterocycles. The minimum absolute atomic E-state index is 0.00567. The number of nitrogens with one attached hydrogen (secondary N) is 1. The molecule has 0 atom stereocenters. The average Bonchev–Trinajstić information content (AvgIpc) is 2.43. The number of anilines is 2. The molecule has 20 heavy (non-hydrogen) atoms. The quantitative estimate of drug-likeness (QED) is 0.825. The third kappa shape index (κ3) is 4.36. The third-order valence-electron chi connectivity index (χ3n) is 2.64. The molecule has 0 unspecified atom stereocenters. The van der Waals surface area contributed by atoms with Gasteiger partial charge in [-0.15, -0.1) is 0 Å². The van der Waals surface area contributed by atoms with Crippen molar-refractivity contribution in [2.75, 3.05) is 17.7 Å². The van der Waals surface area contributed by atoms with E-state index < -0.39 is 0 Å². The van der Waals surface area contributed by atoms with Crippen molar-refractivity contribution in [3.05, 3.63) is 58.6 Å². The molecule has 5 heteroatoms. The van der Waals surface area contributed by atoms with Crippen molar-refractivity contribution in [1.29, 1.82) is 0 Å². The first-order valence-corrected chi connectivity index (χ1v) is 6.91. The van der Waals surface area contributed by atoms with E-state index in [0.717, 1.165) is 10.0 Å². The summed E-state index contributed by atoms with van der Waals surface area (Å²) >= 11 is 3.43. The fourth-order valence-electron chi connectivity index (χ4n) is 1.63. The fraction of sp³-hybridized carbons (Fsp3) is 0.133. The molecule has 0 fully saturated rings. The zero-order valence-corrected chi connectivity index (χ0v) is 12.4. The molecule has 0 bridgehead atoms. The van der Waals surface area contributed by atoms with Crippen LogP contribution in [0.2, 0.25) is 0 Å². The molecular formula is C15H15BrN2O2. The van der Waals surface area contributed by atoms with Crippen LogP contribution in [0, 0.1) is 0 Å². The van der Waals surface area contributed by atoms with Crippen LogP contribution in [-0.4, -0.2) is 12.5 Å². The summed E-state index contributed by atoms with van der Waals surface area (Å²) in [6.07, 6.45) is 0. The molecule has 4 nitrogen and oxygen atoms in total. The molecule has 3 N–H and O–H groups in total. The van der Waals surface area contributed by atoms with E-state index in [0.29, 0.717) is 18.0 Å². The second-order valence-electron chi connectivity index (χ2n) is 4.25. The lowest BCUT2D eigenvalue weighted by Crippen LogP contribution is -2.18. The van der Waals surface area contributed by atoms with Crippen LogP contribution >= 0.6 is 15.9 Å². The van der Waals surface area contributed by atoms with Crippen molar-refractivity contribution >= 4 is 33.2 Å². The Hall–Kier alpha value is -1.85. The van der Waals surface area contributed by atoms with Gasteiger partial charge in [-0.1, -0.05) is 34.1 Å². The summed E-state index contributed by atoms with van der Waals surface area (Å²) < 4.78 is 6.36. The topological polar surface area (TPSA) is 64.3 Å². The van der Waals surface area contributed by atoms with E-state index in [2.05, 4.69) is 21.2 Å². The number of nitrogen functional groups attached to an aromatic ring is 1. The lowest BCUT2D eigenvalue weighted by atomic mass is 10.2. The van der Waals surface area contributed by atoms with Gasteiger partial charge in [0.05, 0.1) is 6.61 Å². The highest BCUT2D eigenvalue weighted by atomic mass is 79.9. The first kappa shape index (κ1) is 14.6. The molecule has 104 valence electrons. The molecule has 0 spiro atoms. The smallest absolute Gasteiger partial charge is 0.250 e. The van der Waals surface area contributed by atoms with Gasteiger partial charge in [0.15, 0.2) is 0 Å². The van der Waals surface area contributed by atoms with Gasteiger partial charge in [-0.3, -0.25) is 4.79 Å². The Labute approximate surface area is 126 Å². The second-order valence-corrected chi connectivity index (χ2v) is 5.11. The Morgan fingerprint density at radius 1 is 1.15 bits per heavy atom. The normalized spacial score (nSPS) is 10.2. The summed E-state index contributed by atoms with van der Waals surface area (Å²) in [5, 5.41) is 2.74. The second kappa shape index (κ2) is 7.07. The van der Waals surface area contributed by atoms with E-state index in [1.165, 1.54) is 0 Å². The van der Waals surface area contributed by atoms with Gasteiger partial charge in [0, 0.05) is 15.8 Å². The first-order valence-electron chi connectivity index (χ1n) is 6.11. The summed E-state index contributed by atoms with van der Waals surface area (Å²) in [5.41, 5.74) is 7.94. The molecule has 0 radical (unpaired) electrons. The molecule has 0 saturated heterocycles. The zero-order chi connectivity index (χ0) is 14.4. The first-order chi connectivity index (χ1) is 9.65. The molecule has 0 aliphatic rings. The molecule has 1 amide bonds. The number of carbonyl (C=O) groups is 1. The zero-order valence-electron chi connectivity index (χ0n) is 10.8. The summed E-state index contributed by atoms with van der Waals surface area (Å²) in [5.74, 6) is -0.193. The third-order valence-corrected chi connectivity index (χ3v) is 3.42. The van der Waals surface area contributed by atoms with Gasteiger partial charge in [0.1, 0.15) is 6.61 Å². The van der Waals surface area contributed by atoms with Crippen molar-refractivity contribution in [3.63, 3.8) is 0 Å². The monoisotopic (exact) mass is 334 g/mol. The highest BCUT2D eigenvalue weighted by Gasteiger charge is 2.04. The number of benzene rings is 2. The SMILES string of the molecule is Nc1ccc(NC(=O)COCc2ccccc2Br)cc1. The summed E-state index contributed by atoms with van der Waals surface area (Å²) in [6, 6.07) is 14.7. The number of amides is 1. The van der Waals surface area contributed by atoms with E-state index in [4.69, 9.17) is 10.5 Å². The number of hydrogen-bond donors (Lipinski definition) is 2. The van der Waals surface area contributed by atoms with Crippen molar-refractivity contribution in [2.24, 2.45) is 0 Å². The Kier molecular flexibility index (Phi) is 5.15. The molecule has 0 aromatic heterocycles. The minimum atomic E-state index is -0.193. The number of carbonyl (C=O) groups excluding carboxylic acids is 1. The van der Waals surface area contributed by atoms with E-state index in [1.54, 1.807) is 24.3 Å². The maximum Gasteiger partial charge on any atom is 0.250 e. The van der Waals surface area contributed by atoms with Crippen LogP contribution in [0.1, 0.15) is 5.56 Å². The van der Waals surface area contributed by atoms with Gasteiger partial charge >= 0.3 is 0 Å².